The molecular formula is C15H29NO. The van der Waals surface area contributed by atoms with Crippen LogP contribution in [0.3, 0.4) is 0 Å². The van der Waals surface area contributed by atoms with Crippen molar-refractivity contribution < 1.29 is 5.11 Å². The Bertz CT molecular complexity index is 229. The second-order valence-corrected chi connectivity index (χ2v) is 6.96. The molecule has 2 N–H and O–H groups in total. The van der Waals surface area contributed by atoms with Gasteiger partial charge in [0.15, 0.2) is 0 Å². The van der Waals surface area contributed by atoms with E-state index >= 15 is 0 Å². The van der Waals surface area contributed by atoms with Crippen molar-refractivity contribution in [3.05, 3.63) is 0 Å². The predicted molar refractivity (Wildman–Crippen MR) is 72.0 cm³/mol. The van der Waals surface area contributed by atoms with E-state index in [2.05, 4.69) is 19.2 Å². The van der Waals surface area contributed by atoms with Gasteiger partial charge in [-0.3, -0.25) is 0 Å². The van der Waals surface area contributed by atoms with Gasteiger partial charge in [-0.15, -0.1) is 0 Å². The van der Waals surface area contributed by atoms with Crippen LogP contribution in [0.4, 0.5) is 0 Å². The molecule has 2 aliphatic rings. The molecule has 0 aromatic carbocycles. The SMILES string of the molecule is CC1(C)CCC(NCC2CCCCC2O)CC1. The van der Waals surface area contributed by atoms with Crippen LogP contribution in [0.1, 0.15) is 65.2 Å². The maximum Gasteiger partial charge on any atom is 0.0580 e. The smallest absolute Gasteiger partial charge is 0.0580 e. The van der Waals surface area contributed by atoms with Crippen LogP contribution in [0.5, 0.6) is 0 Å². The number of aliphatic hydroxyl groups excluding tert-OH is 1. The third-order valence-electron chi connectivity index (χ3n) is 4.88. The first-order valence-corrected chi connectivity index (χ1v) is 7.48. The molecule has 2 heteroatoms. The van der Waals surface area contributed by atoms with Gasteiger partial charge in [0.2, 0.25) is 0 Å². The summed E-state index contributed by atoms with van der Waals surface area (Å²) in [6.45, 7) is 5.80. The van der Waals surface area contributed by atoms with Gasteiger partial charge in [0.05, 0.1) is 6.10 Å². The highest BCUT2D eigenvalue weighted by atomic mass is 16.3. The fourth-order valence-corrected chi connectivity index (χ4v) is 3.35. The van der Waals surface area contributed by atoms with Gasteiger partial charge in [-0.25, -0.2) is 0 Å². The molecule has 100 valence electrons. The summed E-state index contributed by atoms with van der Waals surface area (Å²) in [5.41, 5.74) is 0.558. The molecule has 0 bridgehead atoms. The van der Waals surface area contributed by atoms with Crippen LogP contribution >= 0.6 is 0 Å². The van der Waals surface area contributed by atoms with Gasteiger partial charge >= 0.3 is 0 Å². The average Bonchev–Trinajstić information content (AvgIpc) is 2.30. The maximum atomic E-state index is 9.94. The topological polar surface area (TPSA) is 32.3 Å². The van der Waals surface area contributed by atoms with Crippen LogP contribution in [0.15, 0.2) is 0 Å². The van der Waals surface area contributed by atoms with E-state index in [0.29, 0.717) is 17.4 Å². The third kappa shape index (κ3) is 3.96. The van der Waals surface area contributed by atoms with E-state index in [1.165, 1.54) is 44.9 Å². The summed E-state index contributed by atoms with van der Waals surface area (Å²) in [7, 11) is 0. The van der Waals surface area contributed by atoms with Gasteiger partial charge in [0.1, 0.15) is 0 Å². The van der Waals surface area contributed by atoms with Crippen molar-refractivity contribution in [2.45, 2.75) is 77.4 Å². The van der Waals surface area contributed by atoms with Crippen molar-refractivity contribution in [1.29, 1.82) is 0 Å². The second kappa shape index (κ2) is 5.71. The molecule has 0 spiro atoms. The Labute approximate surface area is 106 Å². The van der Waals surface area contributed by atoms with Crippen molar-refractivity contribution in [2.24, 2.45) is 11.3 Å². The van der Waals surface area contributed by atoms with E-state index in [1.54, 1.807) is 0 Å². The zero-order chi connectivity index (χ0) is 12.3. The lowest BCUT2D eigenvalue weighted by molar-refractivity contribution is 0.0658. The molecular weight excluding hydrogens is 210 g/mol. The van der Waals surface area contributed by atoms with Gasteiger partial charge < -0.3 is 10.4 Å². The number of hydrogen-bond acceptors (Lipinski definition) is 2. The second-order valence-electron chi connectivity index (χ2n) is 6.96. The van der Waals surface area contributed by atoms with Crippen molar-refractivity contribution in [2.75, 3.05) is 6.54 Å². The molecule has 0 aliphatic heterocycles. The van der Waals surface area contributed by atoms with Crippen LogP contribution in [0, 0.1) is 11.3 Å². The fraction of sp³-hybridized carbons (Fsp3) is 1.00. The molecule has 2 fully saturated rings. The number of nitrogens with one attached hydrogen (secondary N) is 1. The Hall–Kier alpha value is -0.0800. The number of aliphatic hydroxyl groups is 1. The molecule has 0 radical (unpaired) electrons. The van der Waals surface area contributed by atoms with Crippen molar-refractivity contribution >= 4 is 0 Å². The Kier molecular flexibility index (Phi) is 4.48. The summed E-state index contributed by atoms with van der Waals surface area (Å²) >= 11 is 0. The van der Waals surface area contributed by atoms with Gasteiger partial charge in [-0.1, -0.05) is 26.7 Å². The molecule has 0 saturated heterocycles. The summed E-state index contributed by atoms with van der Waals surface area (Å²) in [4.78, 5) is 0. The predicted octanol–water partition coefficient (Wildman–Crippen LogP) is 3.10. The standard InChI is InChI=1S/C15H29NO/c1-15(2)9-7-13(8-10-15)16-11-12-5-3-4-6-14(12)17/h12-14,16-17H,3-11H2,1-2H3. The van der Waals surface area contributed by atoms with Crippen molar-refractivity contribution in [3.8, 4) is 0 Å². The summed E-state index contributed by atoms with van der Waals surface area (Å²) in [5, 5.41) is 13.6. The molecule has 0 aromatic heterocycles. The maximum absolute atomic E-state index is 9.94. The Morgan fingerprint density at radius 2 is 1.71 bits per heavy atom. The van der Waals surface area contributed by atoms with Crippen LogP contribution in [0.2, 0.25) is 0 Å². The van der Waals surface area contributed by atoms with Gasteiger partial charge in [0, 0.05) is 12.6 Å². The van der Waals surface area contributed by atoms with E-state index in [9.17, 15) is 5.11 Å². The van der Waals surface area contributed by atoms with Gasteiger partial charge in [-0.2, -0.15) is 0 Å². The minimum atomic E-state index is -0.0451. The monoisotopic (exact) mass is 239 g/mol. The lowest BCUT2D eigenvalue weighted by Crippen LogP contribution is -2.41. The van der Waals surface area contributed by atoms with E-state index in [-0.39, 0.29) is 6.10 Å². The molecule has 2 nitrogen and oxygen atoms in total. The van der Waals surface area contributed by atoms with Crippen LogP contribution in [-0.4, -0.2) is 23.8 Å². The van der Waals surface area contributed by atoms with Gasteiger partial charge in [-0.05, 0) is 49.9 Å². The Balaban J connectivity index is 1.68. The normalized spacial score (nSPS) is 34.8. The van der Waals surface area contributed by atoms with Crippen LogP contribution in [0.25, 0.3) is 0 Å². The van der Waals surface area contributed by atoms with Crippen LogP contribution in [-0.2, 0) is 0 Å². The lowest BCUT2D eigenvalue weighted by atomic mass is 9.75. The minimum Gasteiger partial charge on any atom is -0.393 e. The zero-order valence-corrected chi connectivity index (χ0v) is 11.5. The van der Waals surface area contributed by atoms with Crippen LogP contribution < -0.4 is 5.32 Å². The average molecular weight is 239 g/mol. The molecule has 2 aliphatic carbocycles. The Morgan fingerprint density at radius 1 is 1.06 bits per heavy atom. The van der Waals surface area contributed by atoms with E-state index in [4.69, 9.17) is 0 Å². The zero-order valence-electron chi connectivity index (χ0n) is 11.5. The highest BCUT2D eigenvalue weighted by Crippen LogP contribution is 2.35. The van der Waals surface area contributed by atoms with E-state index < -0.39 is 0 Å². The quantitative estimate of drug-likeness (QED) is 0.793. The van der Waals surface area contributed by atoms with Crippen molar-refractivity contribution in [1.82, 2.24) is 5.32 Å². The summed E-state index contributed by atoms with van der Waals surface area (Å²) in [6.07, 6.45) is 10.0. The first-order chi connectivity index (χ1) is 8.07. The minimum absolute atomic E-state index is 0.0451. The van der Waals surface area contributed by atoms with Gasteiger partial charge in [0.25, 0.3) is 0 Å². The number of rotatable bonds is 3. The molecule has 2 rings (SSSR count). The highest BCUT2D eigenvalue weighted by Gasteiger charge is 2.28. The van der Waals surface area contributed by atoms with Crippen molar-refractivity contribution in [3.63, 3.8) is 0 Å². The van der Waals surface area contributed by atoms with E-state index in [0.717, 1.165) is 13.0 Å². The first kappa shape index (κ1) is 13.4. The summed E-state index contributed by atoms with van der Waals surface area (Å²) in [5.74, 6) is 0.513. The summed E-state index contributed by atoms with van der Waals surface area (Å²) < 4.78 is 0. The molecule has 0 aromatic rings. The largest absolute Gasteiger partial charge is 0.393 e. The fourth-order valence-electron chi connectivity index (χ4n) is 3.35. The lowest BCUT2D eigenvalue weighted by Gasteiger charge is -2.36. The summed E-state index contributed by atoms with van der Waals surface area (Å²) in [6, 6.07) is 0.706. The molecule has 17 heavy (non-hydrogen) atoms. The highest BCUT2D eigenvalue weighted by molar-refractivity contribution is 4.84. The third-order valence-corrected chi connectivity index (χ3v) is 4.88. The molecule has 0 heterocycles. The molecule has 2 atom stereocenters. The Morgan fingerprint density at radius 3 is 2.35 bits per heavy atom. The first-order valence-electron chi connectivity index (χ1n) is 7.48. The van der Waals surface area contributed by atoms with E-state index in [1.807, 2.05) is 0 Å². The molecule has 2 unspecified atom stereocenters. The molecule has 0 amide bonds. The number of hydrogen-bond donors (Lipinski definition) is 2. The molecule has 2 saturated carbocycles.